The van der Waals surface area contributed by atoms with Gasteiger partial charge in [0.2, 0.25) is 0 Å². The molecule has 1 saturated heterocycles. The van der Waals surface area contributed by atoms with Crippen LogP contribution in [-0.2, 0) is 6.42 Å². The summed E-state index contributed by atoms with van der Waals surface area (Å²) >= 11 is 0. The topological polar surface area (TPSA) is 45.2 Å². The van der Waals surface area contributed by atoms with Gasteiger partial charge in [0, 0.05) is 32.7 Å². The minimum Gasteiger partial charge on any atom is -0.493 e. The van der Waals surface area contributed by atoms with E-state index in [1.54, 1.807) is 7.11 Å². The number of ether oxygens (including phenoxy) is 2. The number of benzene rings is 1. The van der Waals surface area contributed by atoms with E-state index in [-0.39, 0.29) is 6.61 Å². The molecule has 134 valence electrons. The molecule has 5 nitrogen and oxygen atoms in total. The quantitative estimate of drug-likeness (QED) is 0.698. The second-order valence-electron chi connectivity index (χ2n) is 6.18. The molecule has 1 aliphatic heterocycles. The monoisotopic (exact) mass is 334 g/mol. The fourth-order valence-corrected chi connectivity index (χ4v) is 2.95. The first kappa shape index (κ1) is 18.8. The standard InChI is InChI=1S/C19H30N2O3/c1-4-6-16-7-8-18(19(13-16)23-3)24-15-17(22)14-21-11-9-20(5-2)10-12-21/h4,7-8,13,17,22H,1,5-6,9-12,14-15H2,2-3H3/t17-/m0/s1. The predicted molar refractivity (Wildman–Crippen MR) is 97.0 cm³/mol. The van der Waals surface area contributed by atoms with Crippen molar-refractivity contribution in [1.29, 1.82) is 0 Å². The van der Waals surface area contributed by atoms with Crippen LogP contribution in [0.15, 0.2) is 30.9 Å². The van der Waals surface area contributed by atoms with Crippen LogP contribution in [0.4, 0.5) is 0 Å². The van der Waals surface area contributed by atoms with Crippen LogP contribution < -0.4 is 9.47 Å². The van der Waals surface area contributed by atoms with Crippen LogP contribution in [0.1, 0.15) is 12.5 Å². The van der Waals surface area contributed by atoms with Gasteiger partial charge in [0.05, 0.1) is 7.11 Å². The molecule has 0 bridgehead atoms. The molecule has 2 rings (SSSR count). The zero-order chi connectivity index (χ0) is 17.4. The second kappa shape index (κ2) is 9.67. The number of piperazine rings is 1. The molecule has 0 aliphatic carbocycles. The second-order valence-corrected chi connectivity index (χ2v) is 6.18. The van der Waals surface area contributed by atoms with Gasteiger partial charge in [0.15, 0.2) is 11.5 Å². The van der Waals surface area contributed by atoms with Crippen molar-refractivity contribution in [3.8, 4) is 11.5 Å². The summed E-state index contributed by atoms with van der Waals surface area (Å²) in [6.07, 6.45) is 2.15. The molecule has 0 radical (unpaired) electrons. The lowest BCUT2D eigenvalue weighted by molar-refractivity contribution is 0.0464. The first-order valence-electron chi connectivity index (χ1n) is 8.69. The summed E-state index contributed by atoms with van der Waals surface area (Å²) in [4.78, 5) is 4.72. The van der Waals surface area contributed by atoms with E-state index in [9.17, 15) is 5.11 Å². The SMILES string of the molecule is C=CCc1ccc(OC[C@@H](O)CN2CCN(CC)CC2)c(OC)c1. The summed E-state index contributed by atoms with van der Waals surface area (Å²) in [7, 11) is 1.63. The number of methoxy groups -OCH3 is 1. The summed E-state index contributed by atoms with van der Waals surface area (Å²) in [5.74, 6) is 1.36. The molecule has 1 fully saturated rings. The highest BCUT2D eigenvalue weighted by molar-refractivity contribution is 5.43. The summed E-state index contributed by atoms with van der Waals surface area (Å²) < 4.78 is 11.2. The number of aliphatic hydroxyl groups is 1. The lowest BCUT2D eigenvalue weighted by Crippen LogP contribution is -2.49. The largest absolute Gasteiger partial charge is 0.493 e. The molecule has 24 heavy (non-hydrogen) atoms. The Balaban J connectivity index is 1.81. The Morgan fingerprint density at radius 2 is 1.92 bits per heavy atom. The summed E-state index contributed by atoms with van der Waals surface area (Å²) in [6.45, 7) is 12.1. The molecule has 5 heteroatoms. The van der Waals surface area contributed by atoms with Crippen molar-refractivity contribution in [3.63, 3.8) is 0 Å². The first-order valence-corrected chi connectivity index (χ1v) is 8.69. The van der Waals surface area contributed by atoms with Gasteiger partial charge in [0.1, 0.15) is 12.7 Å². The third kappa shape index (κ3) is 5.51. The average Bonchev–Trinajstić information content (AvgIpc) is 2.61. The van der Waals surface area contributed by atoms with Crippen LogP contribution in [-0.4, -0.2) is 74.0 Å². The molecule has 0 aromatic heterocycles. The van der Waals surface area contributed by atoms with Crippen molar-refractivity contribution < 1.29 is 14.6 Å². The molecule has 1 atom stereocenters. The lowest BCUT2D eigenvalue weighted by Gasteiger charge is -2.34. The Morgan fingerprint density at radius 1 is 1.21 bits per heavy atom. The number of aliphatic hydroxyl groups excluding tert-OH is 1. The van der Waals surface area contributed by atoms with Gasteiger partial charge in [-0.2, -0.15) is 0 Å². The number of rotatable bonds is 9. The fraction of sp³-hybridized carbons (Fsp3) is 0.579. The van der Waals surface area contributed by atoms with E-state index in [2.05, 4.69) is 23.3 Å². The molecule has 0 spiro atoms. The van der Waals surface area contributed by atoms with Gasteiger partial charge in [-0.3, -0.25) is 4.90 Å². The summed E-state index contributed by atoms with van der Waals surface area (Å²) in [6, 6.07) is 5.84. The molecule has 1 aromatic rings. The maximum Gasteiger partial charge on any atom is 0.161 e. The number of hydrogen-bond acceptors (Lipinski definition) is 5. The van der Waals surface area contributed by atoms with Crippen LogP contribution in [0, 0.1) is 0 Å². The average molecular weight is 334 g/mol. The Hall–Kier alpha value is -1.56. The first-order chi connectivity index (χ1) is 11.7. The maximum atomic E-state index is 10.3. The zero-order valence-corrected chi connectivity index (χ0v) is 14.9. The third-order valence-electron chi connectivity index (χ3n) is 4.42. The molecule has 1 aromatic carbocycles. The smallest absolute Gasteiger partial charge is 0.161 e. The molecular formula is C19H30N2O3. The van der Waals surface area contributed by atoms with Crippen LogP contribution in [0.2, 0.25) is 0 Å². The van der Waals surface area contributed by atoms with E-state index in [1.807, 2.05) is 24.3 Å². The molecule has 0 unspecified atom stereocenters. The van der Waals surface area contributed by atoms with Crippen LogP contribution in [0.3, 0.4) is 0 Å². The number of β-amino-alcohol motifs (C(OH)–C–C–N with tert-alkyl or cyclic N) is 1. The van der Waals surface area contributed by atoms with Crippen molar-refractivity contribution in [2.45, 2.75) is 19.4 Å². The molecule has 0 amide bonds. The summed E-state index contributed by atoms with van der Waals surface area (Å²) in [5.41, 5.74) is 1.13. The van der Waals surface area contributed by atoms with E-state index in [4.69, 9.17) is 9.47 Å². The molecular weight excluding hydrogens is 304 g/mol. The van der Waals surface area contributed by atoms with Crippen LogP contribution in [0.5, 0.6) is 11.5 Å². The van der Waals surface area contributed by atoms with Gasteiger partial charge in [-0.15, -0.1) is 6.58 Å². The predicted octanol–water partition coefficient (Wildman–Crippen LogP) is 1.80. The normalized spacial score (nSPS) is 17.5. The molecule has 1 heterocycles. The summed E-state index contributed by atoms with van der Waals surface area (Å²) in [5, 5.41) is 10.3. The Morgan fingerprint density at radius 3 is 2.54 bits per heavy atom. The number of likely N-dealkylation sites (N-methyl/N-ethyl adjacent to an activating group) is 1. The van der Waals surface area contributed by atoms with Crippen molar-refractivity contribution in [2.24, 2.45) is 0 Å². The minimum atomic E-state index is -0.504. The van der Waals surface area contributed by atoms with E-state index in [0.29, 0.717) is 18.0 Å². The van der Waals surface area contributed by atoms with Gasteiger partial charge in [-0.05, 0) is 30.7 Å². The number of hydrogen-bond donors (Lipinski definition) is 1. The Labute approximate surface area is 145 Å². The van der Waals surface area contributed by atoms with E-state index in [0.717, 1.165) is 44.7 Å². The maximum absolute atomic E-state index is 10.3. The van der Waals surface area contributed by atoms with Crippen molar-refractivity contribution >= 4 is 0 Å². The van der Waals surface area contributed by atoms with Crippen LogP contribution >= 0.6 is 0 Å². The minimum absolute atomic E-state index is 0.269. The van der Waals surface area contributed by atoms with E-state index < -0.39 is 6.10 Å². The Bertz CT molecular complexity index is 513. The third-order valence-corrected chi connectivity index (χ3v) is 4.42. The van der Waals surface area contributed by atoms with Gasteiger partial charge >= 0.3 is 0 Å². The van der Waals surface area contributed by atoms with Crippen molar-refractivity contribution in [2.75, 3.05) is 53.0 Å². The van der Waals surface area contributed by atoms with E-state index >= 15 is 0 Å². The molecule has 1 aliphatic rings. The highest BCUT2D eigenvalue weighted by Crippen LogP contribution is 2.28. The van der Waals surface area contributed by atoms with Gasteiger partial charge in [-0.1, -0.05) is 19.1 Å². The molecule has 0 saturated carbocycles. The lowest BCUT2D eigenvalue weighted by atomic mass is 10.1. The van der Waals surface area contributed by atoms with Gasteiger partial charge in [0.25, 0.3) is 0 Å². The Kier molecular flexibility index (Phi) is 7.56. The highest BCUT2D eigenvalue weighted by Gasteiger charge is 2.18. The van der Waals surface area contributed by atoms with Crippen LogP contribution in [0.25, 0.3) is 0 Å². The number of allylic oxidation sites excluding steroid dienone is 1. The van der Waals surface area contributed by atoms with Gasteiger partial charge < -0.3 is 19.5 Å². The van der Waals surface area contributed by atoms with E-state index in [1.165, 1.54) is 0 Å². The van der Waals surface area contributed by atoms with Crippen molar-refractivity contribution in [3.05, 3.63) is 36.4 Å². The van der Waals surface area contributed by atoms with Crippen molar-refractivity contribution in [1.82, 2.24) is 9.80 Å². The molecule has 1 N–H and O–H groups in total. The fourth-order valence-electron chi connectivity index (χ4n) is 2.95. The number of nitrogens with zero attached hydrogens (tertiary/aromatic N) is 2. The highest BCUT2D eigenvalue weighted by atomic mass is 16.5. The zero-order valence-electron chi connectivity index (χ0n) is 14.9. The van der Waals surface area contributed by atoms with Gasteiger partial charge in [-0.25, -0.2) is 0 Å².